The van der Waals surface area contributed by atoms with Gasteiger partial charge in [0.1, 0.15) is 6.10 Å². The zero-order valence-corrected chi connectivity index (χ0v) is 12.6. The Labute approximate surface area is 124 Å². The lowest BCUT2D eigenvalue weighted by Gasteiger charge is -2.38. The highest BCUT2D eigenvalue weighted by molar-refractivity contribution is 7.11. The van der Waals surface area contributed by atoms with Gasteiger partial charge in [0, 0.05) is 18.0 Å². The highest BCUT2D eigenvalue weighted by Crippen LogP contribution is 2.28. The summed E-state index contributed by atoms with van der Waals surface area (Å²) in [6, 6.07) is 0. The SMILES string of the molecule is O=C(CCC1CCCCC1)N1CC(Oc2nccs2)C1. The number of likely N-dealkylation sites (tertiary alicyclic amines) is 1. The Balaban J connectivity index is 1.33. The van der Waals surface area contributed by atoms with Crippen molar-refractivity contribution in [2.45, 2.75) is 51.0 Å². The van der Waals surface area contributed by atoms with Crippen LogP contribution in [0.3, 0.4) is 0 Å². The van der Waals surface area contributed by atoms with Gasteiger partial charge >= 0.3 is 0 Å². The predicted molar refractivity (Wildman–Crippen MR) is 78.9 cm³/mol. The Hall–Kier alpha value is -1.10. The lowest BCUT2D eigenvalue weighted by molar-refractivity contribution is -0.140. The smallest absolute Gasteiger partial charge is 0.273 e. The molecule has 0 spiro atoms. The molecule has 0 bridgehead atoms. The van der Waals surface area contributed by atoms with E-state index < -0.39 is 0 Å². The van der Waals surface area contributed by atoms with E-state index in [0.29, 0.717) is 17.5 Å². The number of thiazole rings is 1. The van der Waals surface area contributed by atoms with Crippen molar-refractivity contribution in [2.24, 2.45) is 5.92 Å². The summed E-state index contributed by atoms with van der Waals surface area (Å²) in [5.74, 6) is 1.09. The Morgan fingerprint density at radius 2 is 2.15 bits per heavy atom. The Morgan fingerprint density at radius 1 is 1.35 bits per heavy atom. The maximum absolute atomic E-state index is 12.1. The van der Waals surface area contributed by atoms with Gasteiger partial charge in [0.2, 0.25) is 5.91 Å². The minimum absolute atomic E-state index is 0.139. The number of aromatic nitrogens is 1. The standard InChI is InChI=1S/C15H22N2O2S/c18-14(7-6-12-4-2-1-3-5-12)17-10-13(11-17)19-15-16-8-9-20-15/h8-9,12-13H,1-7,10-11H2. The molecule has 3 rings (SSSR count). The quantitative estimate of drug-likeness (QED) is 0.838. The van der Waals surface area contributed by atoms with Crippen molar-refractivity contribution in [2.75, 3.05) is 13.1 Å². The molecule has 2 fully saturated rings. The molecule has 5 heteroatoms. The van der Waals surface area contributed by atoms with Gasteiger partial charge in [-0.15, -0.1) is 0 Å². The van der Waals surface area contributed by atoms with Crippen LogP contribution in [0.15, 0.2) is 11.6 Å². The second-order valence-electron chi connectivity index (χ2n) is 5.88. The fraction of sp³-hybridized carbons (Fsp3) is 0.733. The molecule has 1 aromatic heterocycles. The first-order valence-corrected chi connectivity index (χ1v) is 8.53. The Bertz CT molecular complexity index is 423. The lowest BCUT2D eigenvalue weighted by atomic mass is 9.86. The monoisotopic (exact) mass is 294 g/mol. The number of carbonyl (C=O) groups excluding carboxylic acids is 1. The Morgan fingerprint density at radius 3 is 2.85 bits per heavy atom. The summed E-state index contributed by atoms with van der Waals surface area (Å²) in [6.07, 6.45) is 10.4. The molecule has 1 aliphatic heterocycles. The maximum atomic E-state index is 12.1. The van der Waals surface area contributed by atoms with Gasteiger partial charge in [-0.25, -0.2) is 4.98 Å². The van der Waals surface area contributed by atoms with E-state index in [1.54, 1.807) is 6.20 Å². The van der Waals surface area contributed by atoms with E-state index in [0.717, 1.165) is 25.4 Å². The van der Waals surface area contributed by atoms with Crippen LogP contribution in [0.2, 0.25) is 0 Å². The number of nitrogens with zero attached hydrogens (tertiary/aromatic N) is 2. The summed E-state index contributed by atoms with van der Waals surface area (Å²) in [7, 11) is 0. The second kappa shape index (κ2) is 6.57. The van der Waals surface area contributed by atoms with Crippen molar-refractivity contribution in [1.82, 2.24) is 9.88 Å². The van der Waals surface area contributed by atoms with Gasteiger partial charge < -0.3 is 9.64 Å². The molecule has 1 aliphatic carbocycles. The number of rotatable bonds is 5. The van der Waals surface area contributed by atoms with E-state index in [-0.39, 0.29) is 6.10 Å². The first-order valence-electron chi connectivity index (χ1n) is 7.65. The van der Waals surface area contributed by atoms with Gasteiger partial charge in [0.05, 0.1) is 13.1 Å². The number of amides is 1. The minimum atomic E-state index is 0.139. The average molecular weight is 294 g/mol. The molecule has 0 radical (unpaired) electrons. The highest BCUT2D eigenvalue weighted by atomic mass is 32.1. The van der Waals surface area contributed by atoms with Crippen molar-refractivity contribution in [3.8, 4) is 5.19 Å². The third-order valence-corrected chi connectivity index (χ3v) is 5.03. The molecule has 0 N–H and O–H groups in total. The van der Waals surface area contributed by atoms with E-state index in [4.69, 9.17) is 4.74 Å². The number of hydrogen-bond donors (Lipinski definition) is 0. The summed E-state index contributed by atoms with van der Waals surface area (Å²) in [5, 5.41) is 2.62. The molecule has 0 unspecified atom stereocenters. The van der Waals surface area contributed by atoms with Gasteiger partial charge in [-0.05, 0) is 12.3 Å². The molecule has 4 nitrogen and oxygen atoms in total. The van der Waals surface area contributed by atoms with Crippen LogP contribution in [-0.2, 0) is 4.79 Å². The molecule has 0 atom stereocenters. The number of ether oxygens (including phenoxy) is 1. The summed E-state index contributed by atoms with van der Waals surface area (Å²) in [4.78, 5) is 18.1. The van der Waals surface area contributed by atoms with Crippen molar-refractivity contribution >= 4 is 17.2 Å². The van der Waals surface area contributed by atoms with E-state index in [9.17, 15) is 4.79 Å². The van der Waals surface area contributed by atoms with E-state index in [2.05, 4.69) is 4.98 Å². The fourth-order valence-electron chi connectivity index (χ4n) is 3.09. The lowest BCUT2D eigenvalue weighted by Crippen LogP contribution is -2.56. The summed E-state index contributed by atoms with van der Waals surface area (Å²) < 4.78 is 5.68. The highest BCUT2D eigenvalue weighted by Gasteiger charge is 2.32. The van der Waals surface area contributed by atoms with Crippen molar-refractivity contribution in [3.05, 3.63) is 11.6 Å². The third kappa shape index (κ3) is 3.51. The average Bonchev–Trinajstić information content (AvgIpc) is 2.94. The van der Waals surface area contributed by atoms with Crippen LogP contribution in [0.25, 0.3) is 0 Å². The molecule has 1 aromatic rings. The van der Waals surface area contributed by atoms with Gasteiger partial charge in [0.25, 0.3) is 5.19 Å². The van der Waals surface area contributed by atoms with Crippen molar-refractivity contribution in [1.29, 1.82) is 0 Å². The topological polar surface area (TPSA) is 42.4 Å². The zero-order valence-electron chi connectivity index (χ0n) is 11.8. The van der Waals surface area contributed by atoms with Crippen LogP contribution in [0.4, 0.5) is 0 Å². The third-order valence-electron chi connectivity index (χ3n) is 4.37. The molecule has 110 valence electrons. The van der Waals surface area contributed by atoms with Crippen LogP contribution < -0.4 is 4.74 Å². The summed E-state index contributed by atoms with van der Waals surface area (Å²) in [6.45, 7) is 1.45. The fourth-order valence-corrected chi connectivity index (χ4v) is 3.64. The van der Waals surface area contributed by atoms with E-state index in [1.165, 1.54) is 43.4 Å². The first-order chi connectivity index (χ1) is 9.81. The Kier molecular flexibility index (Phi) is 4.55. The molecular weight excluding hydrogens is 272 g/mol. The summed E-state index contributed by atoms with van der Waals surface area (Å²) in [5.41, 5.74) is 0. The molecule has 2 heterocycles. The molecule has 1 amide bonds. The molecule has 20 heavy (non-hydrogen) atoms. The summed E-state index contributed by atoms with van der Waals surface area (Å²) >= 11 is 1.50. The van der Waals surface area contributed by atoms with Crippen molar-refractivity contribution in [3.63, 3.8) is 0 Å². The minimum Gasteiger partial charge on any atom is -0.463 e. The number of carbonyl (C=O) groups is 1. The normalized spacial score (nSPS) is 20.7. The van der Waals surface area contributed by atoms with Crippen LogP contribution in [-0.4, -0.2) is 35.0 Å². The van der Waals surface area contributed by atoms with Gasteiger partial charge in [-0.2, -0.15) is 0 Å². The molecule has 1 saturated carbocycles. The molecule has 1 saturated heterocycles. The second-order valence-corrected chi connectivity index (χ2v) is 6.74. The van der Waals surface area contributed by atoms with Gasteiger partial charge in [-0.1, -0.05) is 43.4 Å². The van der Waals surface area contributed by atoms with Crippen LogP contribution >= 0.6 is 11.3 Å². The van der Waals surface area contributed by atoms with E-state index >= 15 is 0 Å². The maximum Gasteiger partial charge on any atom is 0.273 e. The molecular formula is C15H22N2O2S. The van der Waals surface area contributed by atoms with Crippen LogP contribution in [0, 0.1) is 5.92 Å². The largest absolute Gasteiger partial charge is 0.463 e. The van der Waals surface area contributed by atoms with Gasteiger partial charge in [-0.3, -0.25) is 4.79 Å². The van der Waals surface area contributed by atoms with Gasteiger partial charge in [0.15, 0.2) is 0 Å². The van der Waals surface area contributed by atoms with Crippen LogP contribution in [0.1, 0.15) is 44.9 Å². The van der Waals surface area contributed by atoms with Crippen LogP contribution in [0.5, 0.6) is 5.19 Å². The van der Waals surface area contributed by atoms with E-state index in [1.807, 2.05) is 10.3 Å². The first kappa shape index (κ1) is 13.9. The number of hydrogen-bond acceptors (Lipinski definition) is 4. The van der Waals surface area contributed by atoms with Crippen molar-refractivity contribution < 1.29 is 9.53 Å². The molecule has 0 aromatic carbocycles. The predicted octanol–water partition coefficient (Wildman–Crippen LogP) is 3.09. The zero-order chi connectivity index (χ0) is 13.8. The molecule has 2 aliphatic rings.